The summed E-state index contributed by atoms with van der Waals surface area (Å²) < 4.78 is 2.24. The van der Waals surface area contributed by atoms with E-state index in [0.717, 1.165) is 83.5 Å². The minimum Gasteiger partial charge on any atom is -0.507 e. The second kappa shape index (κ2) is 11.2. The molecule has 1 N–H and O–H groups in total. The molecule has 8 aromatic rings. The fourth-order valence-corrected chi connectivity index (χ4v) is 6.49. The van der Waals surface area contributed by atoms with Crippen molar-refractivity contribution in [2.75, 3.05) is 0 Å². The SMILES string of the molecule is Cc1cc(C)c(O)c(-c2ccc3c4ccccc4n(-c4cc(-c5ccccc5)cc(-c5cc(-c6ccccc6)ccn5)c4)c3n2)c1. The molecule has 0 unspecified atom stereocenters. The zero-order chi connectivity index (χ0) is 31.2. The molecule has 5 aromatic carbocycles. The maximum Gasteiger partial charge on any atom is 0.146 e. The Kier molecular flexibility index (Phi) is 6.69. The fraction of sp³-hybridized carbons (Fsp3) is 0.0476. The number of nitrogens with zero attached hydrogens (tertiary/aromatic N) is 3. The number of phenolic OH excluding ortho intramolecular Hbond substituents is 1. The lowest BCUT2D eigenvalue weighted by Crippen LogP contribution is -1.99. The summed E-state index contributed by atoms with van der Waals surface area (Å²) in [5.41, 5.74) is 12.7. The van der Waals surface area contributed by atoms with Gasteiger partial charge in [-0.05, 0) is 102 Å². The van der Waals surface area contributed by atoms with E-state index in [1.807, 2.05) is 50.4 Å². The average molecular weight is 594 g/mol. The van der Waals surface area contributed by atoms with E-state index < -0.39 is 0 Å². The Labute approximate surface area is 267 Å². The van der Waals surface area contributed by atoms with Crippen molar-refractivity contribution in [1.82, 2.24) is 14.5 Å². The molecule has 0 aliphatic rings. The lowest BCUT2D eigenvalue weighted by atomic mass is 9.98. The van der Waals surface area contributed by atoms with Crippen molar-refractivity contribution in [1.29, 1.82) is 0 Å². The van der Waals surface area contributed by atoms with Crippen molar-refractivity contribution < 1.29 is 5.11 Å². The highest BCUT2D eigenvalue weighted by atomic mass is 16.3. The number of hydrogen-bond acceptors (Lipinski definition) is 3. The summed E-state index contributed by atoms with van der Waals surface area (Å²) in [6, 6.07) is 48.3. The number of benzene rings is 5. The first-order chi connectivity index (χ1) is 22.5. The van der Waals surface area contributed by atoms with E-state index in [9.17, 15) is 5.11 Å². The molecule has 0 aliphatic carbocycles. The Morgan fingerprint density at radius 3 is 2.02 bits per heavy atom. The quantitative estimate of drug-likeness (QED) is 0.216. The van der Waals surface area contributed by atoms with Crippen molar-refractivity contribution in [3.8, 4) is 56.2 Å². The van der Waals surface area contributed by atoms with E-state index in [4.69, 9.17) is 9.97 Å². The molecule has 0 atom stereocenters. The predicted octanol–water partition coefficient (Wildman–Crippen LogP) is 10.6. The number of aryl methyl sites for hydroxylation is 2. The highest BCUT2D eigenvalue weighted by molar-refractivity contribution is 6.08. The summed E-state index contributed by atoms with van der Waals surface area (Å²) in [6.07, 6.45) is 1.89. The van der Waals surface area contributed by atoms with Crippen LogP contribution in [0.2, 0.25) is 0 Å². The van der Waals surface area contributed by atoms with E-state index in [2.05, 4.69) is 114 Å². The van der Waals surface area contributed by atoms with Crippen molar-refractivity contribution in [3.05, 3.63) is 157 Å². The van der Waals surface area contributed by atoms with Crippen LogP contribution in [0.3, 0.4) is 0 Å². The molecule has 0 saturated heterocycles. The third-order valence-electron chi connectivity index (χ3n) is 8.69. The summed E-state index contributed by atoms with van der Waals surface area (Å²) in [6.45, 7) is 3.97. The van der Waals surface area contributed by atoms with Crippen LogP contribution in [0, 0.1) is 13.8 Å². The Balaban J connectivity index is 1.40. The van der Waals surface area contributed by atoms with Crippen LogP contribution in [0.15, 0.2) is 146 Å². The molecule has 0 bridgehead atoms. The van der Waals surface area contributed by atoms with E-state index >= 15 is 0 Å². The van der Waals surface area contributed by atoms with E-state index in [1.165, 1.54) is 0 Å². The normalized spacial score (nSPS) is 11.3. The van der Waals surface area contributed by atoms with Gasteiger partial charge in [-0.2, -0.15) is 0 Å². The third kappa shape index (κ3) is 4.81. The first kappa shape index (κ1) is 27.5. The Morgan fingerprint density at radius 2 is 1.24 bits per heavy atom. The van der Waals surface area contributed by atoms with Crippen LogP contribution in [-0.4, -0.2) is 19.6 Å². The molecule has 220 valence electrons. The van der Waals surface area contributed by atoms with E-state index in [-0.39, 0.29) is 5.75 Å². The fourth-order valence-electron chi connectivity index (χ4n) is 6.49. The number of aromatic hydroxyl groups is 1. The molecule has 3 heterocycles. The minimum atomic E-state index is 0.262. The van der Waals surface area contributed by atoms with Crippen molar-refractivity contribution in [2.45, 2.75) is 13.8 Å². The molecule has 0 saturated carbocycles. The molecule has 0 amide bonds. The van der Waals surface area contributed by atoms with Gasteiger partial charge in [-0.1, -0.05) is 84.9 Å². The van der Waals surface area contributed by atoms with Gasteiger partial charge in [-0.3, -0.25) is 9.55 Å². The third-order valence-corrected chi connectivity index (χ3v) is 8.69. The number of aromatic nitrogens is 3. The Morgan fingerprint density at radius 1 is 0.543 bits per heavy atom. The van der Waals surface area contributed by atoms with Crippen LogP contribution in [0.25, 0.3) is 72.4 Å². The van der Waals surface area contributed by atoms with Gasteiger partial charge in [-0.25, -0.2) is 4.98 Å². The van der Waals surface area contributed by atoms with Crippen LogP contribution in [0.1, 0.15) is 11.1 Å². The van der Waals surface area contributed by atoms with Crippen molar-refractivity contribution in [3.63, 3.8) is 0 Å². The number of fused-ring (bicyclic) bond motifs is 3. The van der Waals surface area contributed by atoms with Gasteiger partial charge in [0.25, 0.3) is 0 Å². The van der Waals surface area contributed by atoms with E-state index in [0.29, 0.717) is 0 Å². The molecule has 0 fully saturated rings. The molecule has 8 rings (SSSR count). The molecule has 46 heavy (non-hydrogen) atoms. The number of hydrogen-bond donors (Lipinski definition) is 1. The van der Waals surface area contributed by atoms with Gasteiger partial charge in [0, 0.05) is 33.8 Å². The monoisotopic (exact) mass is 593 g/mol. The average Bonchev–Trinajstić information content (AvgIpc) is 3.44. The predicted molar refractivity (Wildman–Crippen MR) is 189 cm³/mol. The summed E-state index contributed by atoms with van der Waals surface area (Å²) in [7, 11) is 0. The van der Waals surface area contributed by atoms with Crippen LogP contribution in [0.5, 0.6) is 5.75 Å². The first-order valence-electron chi connectivity index (χ1n) is 15.5. The maximum atomic E-state index is 11.0. The summed E-state index contributed by atoms with van der Waals surface area (Å²) in [5.74, 6) is 0.262. The first-order valence-corrected chi connectivity index (χ1v) is 15.5. The molecular formula is C42H31N3O. The van der Waals surface area contributed by atoms with Crippen molar-refractivity contribution >= 4 is 21.9 Å². The van der Waals surface area contributed by atoms with Gasteiger partial charge in [0.1, 0.15) is 11.4 Å². The summed E-state index contributed by atoms with van der Waals surface area (Å²) in [5, 5.41) is 13.2. The molecule has 4 heteroatoms. The van der Waals surface area contributed by atoms with Crippen LogP contribution in [0.4, 0.5) is 0 Å². The van der Waals surface area contributed by atoms with Crippen LogP contribution < -0.4 is 0 Å². The standard InChI is InChI=1S/C42H31N3O/c1-27-21-28(2)41(46)37(22-27)38-18-17-36-35-15-9-10-16-40(35)45(42(36)44-38)34-24-32(30-13-7-4-8-14-30)23-33(25-34)39-26-31(19-20-43-39)29-11-5-3-6-12-29/h3-26,46H,1-2H3. The number of rotatable bonds is 5. The highest BCUT2D eigenvalue weighted by Crippen LogP contribution is 2.38. The van der Waals surface area contributed by atoms with E-state index in [1.54, 1.807) is 0 Å². The number of pyridine rings is 2. The maximum absolute atomic E-state index is 11.0. The van der Waals surface area contributed by atoms with Gasteiger partial charge in [0.2, 0.25) is 0 Å². The van der Waals surface area contributed by atoms with Gasteiger partial charge in [-0.15, -0.1) is 0 Å². The second-order valence-electron chi connectivity index (χ2n) is 11.8. The second-order valence-corrected chi connectivity index (χ2v) is 11.8. The van der Waals surface area contributed by atoms with Gasteiger partial charge >= 0.3 is 0 Å². The summed E-state index contributed by atoms with van der Waals surface area (Å²) >= 11 is 0. The minimum absolute atomic E-state index is 0.262. The number of phenols is 1. The van der Waals surface area contributed by atoms with Crippen molar-refractivity contribution in [2.24, 2.45) is 0 Å². The topological polar surface area (TPSA) is 50.9 Å². The number of para-hydroxylation sites is 1. The molecular weight excluding hydrogens is 562 g/mol. The largest absolute Gasteiger partial charge is 0.507 e. The molecule has 3 aromatic heterocycles. The zero-order valence-electron chi connectivity index (χ0n) is 25.6. The highest BCUT2D eigenvalue weighted by Gasteiger charge is 2.18. The lowest BCUT2D eigenvalue weighted by Gasteiger charge is -2.14. The van der Waals surface area contributed by atoms with Gasteiger partial charge in [0.15, 0.2) is 0 Å². The summed E-state index contributed by atoms with van der Waals surface area (Å²) in [4.78, 5) is 10.1. The van der Waals surface area contributed by atoms with Crippen LogP contribution >= 0.6 is 0 Å². The molecule has 0 radical (unpaired) electrons. The molecule has 4 nitrogen and oxygen atoms in total. The smallest absolute Gasteiger partial charge is 0.146 e. The Bertz CT molecular complexity index is 2390. The van der Waals surface area contributed by atoms with Crippen LogP contribution in [-0.2, 0) is 0 Å². The Hall–Kier alpha value is -6.00. The molecule has 0 aliphatic heterocycles. The molecule has 0 spiro atoms. The van der Waals surface area contributed by atoms with Gasteiger partial charge in [0.05, 0.1) is 16.9 Å². The lowest BCUT2D eigenvalue weighted by molar-refractivity contribution is 0.473. The zero-order valence-corrected chi connectivity index (χ0v) is 25.6. The van der Waals surface area contributed by atoms with Gasteiger partial charge < -0.3 is 5.11 Å².